The normalized spacial score (nSPS) is 18.4. The molecule has 2 amide bonds. The van der Waals surface area contributed by atoms with Crippen LogP contribution in [0.15, 0.2) is 29.8 Å². The lowest BCUT2D eigenvalue weighted by atomic mass is 10.1. The standard InChI is InChI=1S/C11H10N2O/c14-11-12-6-8-5-7-3-1-2-4-9(7)10(8)13-11/h1-4H,5-6H2,(H2,12,13,14). The number of carbonyl (C=O) groups excluding carboxylic acids is 1. The number of hydrogen-bond acceptors (Lipinski definition) is 1. The molecule has 1 aromatic rings. The van der Waals surface area contributed by atoms with Gasteiger partial charge in [-0.1, -0.05) is 24.3 Å². The Hall–Kier alpha value is -1.77. The Kier molecular flexibility index (Phi) is 1.42. The Labute approximate surface area is 81.8 Å². The highest BCUT2D eigenvalue weighted by Gasteiger charge is 2.25. The monoisotopic (exact) mass is 186 g/mol. The van der Waals surface area contributed by atoms with Gasteiger partial charge in [0.1, 0.15) is 0 Å². The van der Waals surface area contributed by atoms with Gasteiger partial charge in [-0.15, -0.1) is 0 Å². The van der Waals surface area contributed by atoms with Crippen LogP contribution in [0, 0.1) is 0 Å². The average Bonchev–Trinajstić information content (AvgIpc) is 2.56. The third kappa shape index (κ3) is 0.954. The van der Waals surface area contributed by atoms with Gasteiger partial charge in [-0.2, -0.15) is 0 Å². The van der Waals surface area contributed by atoms with E-state index in [1.165, 1.54) is 16.7 Å². The van der Waals surface area contributed by atoms with E-state index in [0.717, 1.165) is 12.1 Å². The van der Waals surface area contributed by atoms with Crippen LogP contribution in [0.1, 0.15) is 11.1 Å². The van der Waals surface area contributed by atoms with Crippen molar-refractivity contribution in [1.82, 2.24) is 10.6 Å². The fourth-order valence-corrected chi connectivity index (χ4v) is 2.08. The van der Waals surface area contributed by atoms with Gasteiger partial charge in [0.15, 0.2) is 0 Å². The molecule has 3 rings (SSSR count). The fraction of sp³-hybridized carbons (Fsp3) is 0.182. The first-order chi connectivity index (χ1) is 6.84. The van der Waals surface area contributed by atoms with Crippen molar-refractivity contribution in [3.05, 3.63) is 41.0 Å². The van der Waals surface area contributed by atoms with E-state index in [9.17, 15) is 4.79 Å². The van der Waals surface area contributed by atoms with E-state index in [1.807, 2.05) is 12.1 Å². The minimum Gasteiger partial charge on any atom is -0.334 e. The average molecular weight is 186 g/mol. The Morgan fingerprint density at radius 3 is 3.00 bits per heavy atom. The summed E-state index contributed by atoms with van der Waals surface area (Å²) in [5, 5.41) is 5.64. The maximum absolute atomic E-state index is 11.2. The molecule has 0 saturated carbocycles. The van der Waals surface area contributed by atoms with Gasteiger partial charge in [-0.3, -0.25) is 0 Å². The van der Waals surface area contributed by atoms with Crippen LogP contribution in [-0.2, 0) is 6.42 Å². The molecule has 0 bridgehead atoms. The molecular weight excluding hydrogens is 176 g/mol. The maximum atomic E-state index is 11.2. The molecule has 14 heavy (non-hydrogen) atoms. The zero-order chi connectivity index (χ0) is 9.54. The van der Waals surface area contributed by atoms with Gasteiger partial charge in [0.05, 0.1) is 5.70 Å². The zero-order valence-electron chi connectivity index (χ0n) is 7.63. The Morgan fingerprint density at radius 1 is 1.21 bits per heavy atom. The smallest absolute Gasteiger partial charge is 0.319 e. The van der Waals surface area contributed by atoms with Crippen LogP contribution in [0.4, 0.5) is 4.79 Å². The predicted octanol–water partition coefficient (Wildman–Crippen LogP) is 1.27. The van der Waals surface area contributed by atoms with E-state index in [-0.39, 0.29) is 6.03 Å². The minimum absolute atomic E-state index is 0.0968. The van der Waals surface area contributed by atoms with Crippen LogP contribution in [0.2, 0.25) is 0 Å². The molecule has 0 radical (unpaired) electrons. The summed E-state index contributed by atoms with van der Waals surface area (Å²) in [6.45, 7) is 0.676. The second kappa shape index (κ2) is 2.61. The number of carbonyl (C=O) groups is 1. The number of urea groups is 1. The van der Waals surface area contributed by atoms with Crippen LogP contribution in [0.25, 0.3) is 5.70 Å². The van der Waals surface area contributed by atoms with Gasteiger partial charge in [0, 0.05) is 12.1 Å². The summed E-state index contributed by atoms with van der Waals surface area (Å²) in [4.78, 5) is 11.2. The highest BCUT2D eigenvalue weighted by atomic mass is 16.2. The molecule has 0 aromatic heterocycles. The van der Waals surface area contributed by atoms with Crippen molar-refractivity contribution < 1.29 is 4.79 Å². The van der Waals surface area contributed by atoms with Gasteiger partial charge in [0.2, 0.25) is 0 Å². The highest BCUT2D eigenvalue weighted by molar-refractivity contribution is 5.91. The van der Waals surface area contributed by atoms with E-state index in [2.05, 4.69) is 22.8 Å². The van der Waals surface area contributed by atoms with E-state index in [1.54, 1.807) is 0 Å². The first-order valence-corrected chi connectivity index (χ1v) is 4.70. The third-order valence-corrected chi connectivity index (χ3v) is 2.74. The summed E-state index contributed by atoms with van der Waals surface area (Å²) in [5.74, 6) is 0. The molecule has 70 valence electrons. The molecular formula is C11H10N2O. The molecule has 2 N–H and O–H groups in total. The number of hydrogen-bond donors (Lipinski definition) is 2. The number of amides is 2. The molecule has 2 aliphatic rings. The molecule has 1 heterocycles. The number of rotatable bonds is 0. The van der Waals surface area contributed by atoms with Crippen LogP contribution in [-0.4, -0.2) is 12.6 Å². The molecule has 1 aliphatic heterocycles. The first-order valence-electron chi connectivity index (χ1n) is 4.70. The zero-order valence-corrected chi connectivity index (χ0v) is 7.63. The first kappa shape index (κ1) is 7.62. The summed E-state index contributed by atoms with van der Waals surface area (Å²) in [6, 6.07) is 8.11. The van der Waals surface area contributed by atoms with Crippen LogP contribution in [0.5, 0.6) is 0 Å². The Morgan fingerprint density at radius 2 is 2.07 bits per heavy atom. The van der Waals surface area contributed by atoms with Crippen molar-refractivity contribution in [2.75, 3.05) is 6.54 Å². The molecule has 1 aliphatic carbocycles. The van der Waals surface area contributed by atoms with Crippen molar-refractivity contribution in [2.24, 2.45) is 0 Å². The van der Waals surface area contributed by atoms with E-state index >= 15 is 0 Å². The van der Waals surface area contributed by atoms with Crippen molar-refractivity contribution in [3.63, 3.8) is 0 Å². The molecule has 0 spiro atoms. The molecule has 3 heteroatoms. The maximum Gasteiger partial charge on any atom is 0.319 e. The summed E-state index contributed by atoms with van der Waals surface area (Å²) in [7, 11) is 0. The highest BCUT2D eigenvalue weighted by Crippen LogP contribution is 2.31. The second-order valence-corrected chi connectivity index (χ2v) is 3.62. The quantitative estimate of drug-likeness (QED) is 0.629. The van der Waals surface area contributed by atoms with Crippen molar-refractivity contribution in [1.29, 1.82) is 0 Å². The summed E-state index contributed by atoms with van der Waals surface area (Å²) in [6.07, 6.45) is 0.957. The lowest BCUT2D eigenvalue weighted by molar-refractivity contribution is 0.244. The summed E-state index contributed by atoms with van der Waals surface area (Å²) < 4.78 is 0. The second-order valence-electron chi connectivity index (χ2n) is 3.62. The summed E-state index contributed by atoms with van der Waals surface area (Å²) >= 11 is 0. The molecule has 1 aromatic carbocycles. The van der Waals surface area contributed by atoms with Crippen LogP contribution in [0.3, 0.4) is 0 Å². The molecule has 3 nitrogen and oxygen atoms in total. The van der Waals surface area contributed by atoms with Gasteiger partial charge in [-0.05, 0) is 17.6 Å². The van der Waals surface area contributed by atoms with Crippen molar-refractivity contribution in [2.45, 2.75) is 6.42 Å². The number of fused-ring (bicyclic) bond motifs is 2. The minimum atomic E-state index is -0.0968. The van der Waals surface area contributed by atoms with Crippen LogP contribution >= 0.6 is 0 Å². The van der Waals surface area contributed by atoms with E-state index in [0.29, 0.717) is 6.54 Å². The van der Waals surface area contributed by atoms with Gasteiger partial charge < -0.3 is 10.6 Å². The van der Waals surface area contributed by atoms with E-state index in [4.69, 9.17) is 0 Å². The summed E-state index contributed by atoms with van der Waals surface area (Å²) in [5.41, 5.74) is 4.79. The van der Waals surface area contributed by atoms with E-state index < -0.39 is 0 Å². The van der Waals surface area contributed by atoms with Crippen molar-refractivity contribution in [3.8, 4) is 0 Å². The van der Waals surface area contributed by atoms with Gasteiger partial charge >= 0.3 is 6.03 Å². The third-order valence-electron chi connectivity index (χ3n) is 2.74. The van der Waals surface area contributed by atoms with Gasteiger partial charge in [-0.25, -0.2) is 4.79 Å². The number of nitrogens with one attached hydrogen (secondary N) is 2. The predicted molar refractivity (Wildman–Crippen MR) is 53.6 cm³/mol. The lowest BCUT2D eigenvalue weighted by Crippen LogP contribution is -2.40. The molecule has 0 fully saturated rings. The largest absolute Gasteiger partial charge is 0.334 e. The van der Waals surface area contributed by atoms with Gasteiger partial charge in [0.25, 0.3) is 0 Å². The Bertz CT molecular complexity index is 448. The molecule has 0 unspecified atom stereocenters. The van der Waals surface area contributed by atoms with Crippen molar-refractivity contribution >= 4 is 11.7 Å². The topological polar surface area (TPSA) is 41.1 Å². The Balaban J connectivity index is 2.11. The fourth-order valence-electron chi connectivity index (χ4n) is 2.08. The SMILES string of the molecule is O=C1NCC2=C(N1)c1ccccc1C2. The lowest BCUT2D eigenvalue weighted by Gasteiger charge is -2.17. The van der Waals surface area contributed by atoms with Crippen LogP contribution < -0.4 is 10.6 Å². The molecule has 0 atom stereocenters. The molecule has 0 saturated heterocycles. The number of benzene rings is 1.